The van der Waals surface area contributed by atoms with Crippen LogP contribution in [0.25, 0.3) is 0 Å². The summed E-state index contributed by atoms with van der Waals surface area (Å²) in [4.78, 5) is 0. The minimum Gasteiger partial charge on any atom is -0.377 e. The molecule has 0 radical (unpaired) electrons. The third-order valence-corrected chi connectivity index (χ3v) is 55.3. The Balaban J connectivity index is 2.03. The Morgan fingerprint density at radius 1 is 0.893 bits per heavy atom. The van der Waals surface area contributed by atoms with Crippen molar-refractivity contribution < 1.29 is 4.74 Å². The predicted octanol–water partition coefficient (Wildman–Crippen LogP) is 7.22. The standard InChI is InChI=1S/C24H46OSi3/c1-23(2,3)27(8,9)28(26(5,6)7)12-10-11-22(25-4)24(28)20-14-18-13-19(16-20)17-21(24)15-18/h10-11,18-22H,12-17H2,1-9H3. The van der Waals surface area contributed by atoms with Crippen LogP contribution in [0.3, 0.4) is 0 Å². The number of allylic oxidation sites excluding steroid dienone is 1. The van der Waals surface area contributed by atoms with Crippen LogP contribution >= 0.6 is 0 Å². The molecule has 4 aliphatic carbocycles. The molecule has 0 aromatic rings. The Labute approximate surface area is 177 Å². The average Bonchev–Trinajstić information content (AvgIpc) is 2.56. The molecule has 1 spiro atoms. The van der Waals surface area contributed by atoms with Crippen LogP contribution < -0.4 is 0 Å². The topological polar surface area (TPSA) is 9.23 Å². The van der Waals surface area contributed by atoms with Crippen molar-refractivity contribution in [3.63, 3.8) is 0 Å². The van der Waals surface area contributed by atoms with Crippen molar-refractivity contribution in [2.24, 2.45) is 23.7 Å². The highest BCUT2D eigenvalue weighted by Crippen LogP contribution is 2.76. The van der Waals surface area contributed by atoms with E-state index in [-0.39, 0.29) is 0 Å². The fourth-order valence-corrected chi connectivity index (χ4v) is 64.0. The lowest BCUT2D eigenvalue weighted by atomic mass is 9.50. The van der Waals surface area contributed by atoms with Gasteiger partial charge in [-0.3, -0.25) is 0 Å². The Morgan fingerprint density at radius 3 is 1.79 bits per heavy atom. The van der Waals surface area contributed by atoms with Crippen molar-refractivity contribution in [1.29, 1.82) is 0 Å². The number of methoxy groups -OCH3 is 1. The summed E-state index contributed by atoms with van der Waals surface area (Å²) in [5.74, 6) is 4.02. The third-order valence-electron chi connectivity index (χ3n) is 10.9. The molecule has 160 valence electrons. The molecular formula is C24H46OSi3. The molecule has 4 bridgehead atoms. The van der Waals surface area contributed by atoms with Gasteiger partial charge < -0.3 is 4.74 Å². The van der Waals surface area contributed by atoms with E-state index < -0.39 is 22.3 Å². The molecule has 4 fully saturated rings. The normalized spacial score (nSPS) is 45.8. The molecule has 0 aromatic heterocycles. The number of hydrogen-bond donors (Lipinski definition) is 0. The van der Waals surface area contributed by atoms with Crippen LogP contribution in [0.1, 0.15) is 52.9 Å². The monoisotopic (exact) mass is 434 g/mol. The van der Waals surface area contributed by atoms with Crippen molar-refractivity contribution >= 4 is 22.3 Å². The lowest BCUT2D eigenvalue weighted by Gasteiger charge is -2.76. The van der Waals surface area contributed by atoms with Crippen molar-refractivity contribution in [1.82, 2.24) is 0 Å². The first-order chi connectivity index (χ1) is 12.8. The Kier molecular flexibility index (Phi) is 4.95. The highest BCUT2D eigenvalue weighted by molar-refractivity contribution is 7.70. The number of ether oxygens (including phenoxy) is 1. The summed E-state index contributed by atoms with van der Waals surface area (Å²) in [6.45, 7) is 21.9. The van der Waals surface area contributed by atoms with Gasteiger partial charge in [0.25, 0.3) is 0 Å². The van der Waals surface area contributed by atoms with Crippen LogP contribution in [0.5, 0.6) is 0 Å². The van der Waals surface area contributed by atoms with Gasteiger partial charge in [-0.05, 0) is 71.9 Å². The summed E-state index contributed by atoms with van der Waals surface area (Å²) in [5.41, 5.74) is 0. The van der Waals surface area contributed by atoms with E-state index in [9.17, 15) is 0 Å². The molecular weight excluding hydrogens is 389 g/mol. The van der Waals surface area contributed by atoms with Gasteiger partial charge in [0.05, 0.1) is 13.2 Å². The Hall–Kier alpha value is 0.351. The minimum atomic E-state index is -1.62. The molecule has 2 unspecified atom stereocenters. The fourth-order valence-electron chi connectivity index (χ4n) is 9.68. The average molecular weight is 435 g/mol. The maximum Gasteiger partial charge on any atom is 0.0785 e. The zero-order chi connectivity index (χ0) is 20.8. The largest absolute Gasteiger partial charge is 0.377 e. The lowest BCUT2D eigenvalue weighted by molar-refractivity contribution is -0.0786. The van der Waals surface area contributed by atoms with Crippen LogP contribution in [-0.4, -0.2) is 35.5 Å². The van der Waals surface area contributed by atoms with Crippen LogP contribution in [0, 0.1) is 23.7 Å². The Bertz CT molecular complexity index is 626. The Morgan fingerprint density at radius 2 is 1.39 bits per heavy atom. The van der Waals surface area contributed by atoms with E-state index >= 15 is 0 Å². The molecule has 28 heavy (non-hydrogen) atoms. The van der Waals surface area contributed by atoms with Gasteiger partial charge in [0.2, 0.25) is 0 Å². The summed E-state index contributed by atoms with van der Waals surface area (Å²) in [5, 5.41) is 1.02. The van der Waals surface area contributed by atoms with E-state index in [1.165, 1.54) is 31.7 Å². The van der Waals surface area contributed by atoms with Crippen LogP contribution in [-0.2, 0) is 4.74 Å². The molecule has 0 N–H and O–H groups in total. The van der Waals surface area contributed by atoms with Gasteiger partial charge in [-0.1, -0.05) is 65.7 Å². The van der Waals surface area contributed by atoms with Gasteiger partial charge in [-0.25, -0.2) is 0 Å². The van der Waals surface area contributed by atoms with E-state index in [0.717, 1.165) is 23.7 Å². The van der Waals surface area contributed by atoms with Gasteiger partial charge in [0, 0.05) is 22.3 Å². The summed E-state index contributed by atoms with van der Waals surface area (Å²) >= 11 is 0. The van der Waals surface area contributed by atoms with Gasteiger partial charge in [0.1, 0.15) is 0 Å². The fraction of sp³-hybridized carbons (Fsp3) is 0.917. The van der Waals surface area contributed by atoms with Gasteiger partial charge >= 0.3 is 0 Å². The van der Waals surface area contributed by atoms with Gasteiger partial charge in [-0.15, -0.1) is 0 Å². The molecule has 1 heterocycles. The maximum absolute atomic E-state index is 6.52. The second-order valence-corrected chi connectivity index (χ2v) is 40.8. The first-order valence-electron chi connectivity index (χ1n) is 12.0. The zero-order valence-corrected chi connectivity index (χ0v) is 23.2. The predicted molar refractivity (Wildman–Crippen MR) is 131 cm³/mol. The van der Waals surface area contributed by atoms with E-state index in [2.05, 4.69) is 65.7 Å². The second-order valence-electron chi connectivity index (χ2n) is 13.6. The molecule has 1 aliphatic heterocycles. The van der Waals surface area contributed by atoms with E-state index in [4.69, 9.17) is 4.74 Å². The highest BCUT2D eigenvalue weighted by atomic mass is 29.6. The molecule has 4 heteroatoms. The summed E-state index contributed by atoms with van der Waals surface area (Å²) in [6.07, 6.45) is 13.3. The SMILES string of the molecule is COC1C=CC[Si]([Si](C)(C)C)([Si](C)(C)C(C)(C)C)C12C1CC3CC(C1)CC2C3. The molecule has 0 aromatic carbocycles. The number of rotatable bonds is 3. The molecule has 4 saturated carbocycles. The van der Waals surface area contributed by atoms with Crippen molar-refractivity contribution in [2.45, 2.75) is 108 Å². The zero-order valence-electron chi connectivity index (χ0n) is 20.2. The van der Waals surface area contributed by atoms with Gasteiger partial charge in [0.15, 0.2) is 0 Å². The third kappa shape index (κ3) is 2.44. The van der Waals surface area contributed by atoms with Crippen LogP contribution in [0.2, 0.25) is 48.9 Å². The van der Waals surface area contributed by atoms with E-state index in [1.54, 1.807) is 6.42 Å². The van der Waals surface area contributed by atoms with Gasteiger partial charge in [-0.2, -0.15) is 0 Å². The second kappa shape index (κ2) is 6.43. The molecule has 0 amide bonds. The van der Waals surface area contributed by atoms with Crippen LogP contribution in [0.15, 0.2) is 12.2 Å². The smallest absolute Gasteiger partial charge is 0.0785 e. The first kappa shape index (κ1) is 21.6. The summed E-state index contributed by atoms with van der Waals surface area (Å²) < 4.78 is 6.52. The van der Waals surface area contributed by atoms with Crippen molar-refractivity contribution in [3.8, 4) is 0 Å². The quantitative estimate of drug-likeness (QED) is 0.336. The van der Waals surface area contributed by atoms with E-state index in [1.807, 2.05) is 7.11 Å². The molecule has 1 nitrogen and oxygen atoms in total. The molecule has 5 rings (SSSR count). The minimum absolute atomic E-state index is 0.406. The molecule has 2 atom stereocenters. The van der Waals surface area contributed by atoms with Crippen molar-refractivity contribution in [2.75, 3.05) is 7.11 Å². The molecule has 5 aliphatic rings. The lowest BCUT2D eigenvalue weighted by Crippen LogP contribution is -2.85. The summed E-state index contributed by atoms with van der Waals surface area (Å²) in [7, 11) is -2.46. The van der Waals surface area contributed by atoms with Crippen LogP contribution in [0.4, 0.5) is 0 Å². The maximum atomic E-state index is 6.52. The highest BCUT2D eigenvalue weighted by Gasteiger charge is 2.77. The molecule has 0 saturated heterocycles. The number of hydrogen-bond acceptors (Lipinski definition) is 1. The first-order valence-corrected chi connectivity index (χ1v) is 22.7. The summed E-state index contributed by atoms with van der Waals surface area (Å²) in [6, 6.07) is 1.47. The van der Waals surface area contributed by atoms with E-state index in [0.29, 0.717) is 16.2 Å². The van der Waals surface area contributed by atoms with Crippen molar-refractivity contribution in [3.05, 3.63) is 12.2 Å².